The maximum absolute atomic E-state index is 12.3. The largest absolute Gasteiger partial charge is 0.380 e. The molecule has 1 heterocycles. The topological polar surface area (TPSA) is 41.6 Å². The summed E-state index contributed by atoms with van der Waals surface area (Å²) in [5, 5.41) is 3.34. The Bertz CT molecular complexity index is 244. The fraction of sp³-hybridized carbons (Fsp3) is 0.923. The molecule has 0 spiro atoms. The molecule has 0 saturated carbocycles. The Morgan fingerprint density at radius 1 is 1.47 bits per heavy atom. The van der Waals surface area contributed by atoms with E-state index in [1.807, 2.05) is 11.8 Å². The van der Waals surface area contributed by atoms with E-state index in [9.17, 15) is 4.79 Å². The molecule has 0 bridgehead atoms. The summed E-state index contributed by atoms with van der Waals surface area (Å²) in [5.74, 6) is 0.233. The summed E-state index contributed by atoms with van der Waals surface area (Å²) in [6.45, 7) is 10.4. The number of nitrogens with one attached hydrogen (secondary N) is 1. The van der Waals surface area contributed by atoms with E-state index < -0.39 is 0 Å². The molecule has 2 atom stereocenters. The predicted molar refractivity (Wildman–Crippen MR) is 69.0 cm³/mol. The zero-order valence-corrected chi connectivity index (χ0v) is 11.5. The van der Waals surface area contributed by atoms with Crippen molar-refractivity contribution in [3.05, 3.63) is 0 Å². The molecule has 1 aliphatic heterocycles. The molecule has 0 aromatic heterocycles. The van der Waals surface area contributed by atoms with Gasteiger partial charge in [0.05, 0.1) is 18.7 Å². The van der Waals surface area contributed by atoms with Crippen molar-refractivity contribution in [1.29, 1.82) is 0 Å². The van der Waals surface area contributed by atoms with Gasteiger partial charge in [0.1, 0.15) is 0 Å². The van der Waals surface area contributed by atoms with Gasteiger partial charge >= 0.3 is 0 Å². The van der Waals surface area contributed by atoms with Gasteiger partial charge in [-0.15, -0.1) is 0 Å². The van der Waals surface area contributed by atoms with Crippen LogP contribution in [0.1, 0.15) is 40.5 Å². The van der Waals surface area contributed by atoms with E-state index >= 15 is 0 Å². The zero-order chi connectivity index (χ0) is 12.8. The highest BCUT2D eigenvalue weighted by Gasteiger charge is 2.31. The van der Waals surface area contributed by atoms with E-state index in [4.69, 9.17) is 4.74 Å². The number of hydrogen-bond donors (Lipinski definition) is 1. The Morgan fingerprint density at radius 2 is 2.18 bits per heavy atom. The van der Waals surface area contributed by atoms with Crippen molar-refractivity contribution in [3.63, 3.8) is 0 Å². The van der Waals surface area contributed by atoms with Gasteiger partial charge in [-0.05, 0) is 26.7 Å². The Hall–Kier alpha value is -0.610. The van der Waals surface area contributed by atoms with Crippen molar-refractivity contribution in [2.24, 2.45) is 0 Å². The van der Waals surface area contributed by atoms with Gasteiger partial charge in [0.25, 0.3) is 0 Å². The molecule has 1 rings (SSSR count). The third kappa shape index (κ3) is 4.28. The lowest BCUT2D eigenvalue weighted by Crippen LogP contribution is -2.55. The molecule has 0 aliphatic carbocycles. The lowest BCUT2D eigenvalue weighted by atomic mass is 10.0. The molecule has 1 aliphatic rings. The highest BCUT2D eigenvalue weighted by molar-refractivity contribution is 5.82. The zero-order valence-electron chi connectivity index (χ0n) is 11.5. The van der Waals surface area contributed by atoms with Crippen molar-refractivity contribution in [2.75, 3.05) is 19.8 Å². The van der Waals surface area contributed by atoms with E-state index in [2.05, 4.69) is 26.1 Å². The number of carbonyl (C=O) groups excluding carboxylic acids is 1. The molecular weight excluding hydrogens is 216 g/mol. The number of rotatable bonds is 6. The molecule has 1 saturated heterocycles. The third-order valence-electron chi connectivity index (χ3n) is 3.10. The van der Waals surface area contributed by atoms with Gasteiger partial charge in [-0.1, -0.05) is 13.8 Å². The van der Waals surface area contributed by atoms with Crippen LogP contribution in [0, 0.1) is 0 Å². The molecule has 4 nitrogen and oxygen atoms in total. The van der Waals surface area contributed by atoms with Gasteiger partial charge in [-0.25, -0.2) is 0 Å². The highest BCUT2D eigenvalue weighted by Crippen LogP contribution is 2.15. The summed E-state index contributed by atoms with van der Waals surface area (Å²) in [6, 6.07) is 0.526. The lowest BCUT2D eigenvalue weighted by molar-refractivity contribution is -0.139. The minimum absolute atomic E-state index is 0.00664. The first-order valence-electron chi connectivity index (χ1n) is 6.70. The Kier molecular flexibility index (Phi) is 5.92. The van der Waals surface area contributed by atoms with Crippen LogP contribution in [0.15, 0.2) is 0 Å². The smallest absolute Gasteiger partial charge is 0.240 e. The number of likely N-dealkylation sites (tertiary alicyclic amines) is 1. The fourth-order valence-corrected chi connectivity index (χ4v) is 2.27. The minimum Gasteiger partial charge on any atom is -0.380 e. The van der Waals surface area contributed by atoms with Gasteiger partial charge < -0.3 is 15.0 Å². The second-order valence-electron chi connectivity index (χ2n) is 5.06. The van der Waals surface area contributed by atoms with Gasteiger partial charge in [-0.3, -0.25) is 4.79 Å². The van der Waals surface area contributed by atoms with Gasteiger partial charge in [0.15, 0.2) is 0 Å². The van der Waals surface area contributed by atoms with E-state index in [1.165, 1.54) is 0 Å². The summed E-state index contributed by atoms with van der Waals surface area (Å²) in [4.78, 5) is 14.2. The number of carbonyl (C=O) groups is 1. The summed E-state index contributed by atoms with van der Waals surface area (Å²) in [7, 11) is 0. The van der Waals surface area contributed by atoms with E-state index in [-0.39, 0.29) is 18.0 Å². The summed E-state index contributed by atoms with van der Waals surface area (Å²) >= 11 is 0. The number of amides is 1. The first kappa shape index (κ1) is 14.5. The molecule has 0 aromatic rings. The maximum Gasteiger partial charge on any atom is 0.240 e. The fourth-order valence-electron chi connectivity index (χ4n) is 2.27. The minimum atomic E-state index is -0.00664. The van der Waals surface area contributed by atoms with Crippen molar-refractivity contribution < 1.29 is 9.53 Å². The van der Waals surface area contributed by atoms with Crippen LogP contribution in [0.3, 0.4) is 0 Å². The molecular formula is C13H26N2O2. The van der Waals surface area contributed by atoms with Gasteiger partial charge in [0.2, 0.25) is 5.91 Å². The standard InChI is InChI=1S/C13H26N2O2/c1-5-17-9-11(4)15-8-6-7-12(13(15)16)14-10(2)3/h10-12,14H,5-9H2,1-4H3. The van der Waals surface area contributed by atoms with Crippen LogP contribution in [0.25, 0.3) is 0 Å². The number of ether oxygens (including phenoxy) is 1. The number of hydrogen-bond acceptors (Lipinski definition) is 3. The third-order valence-corrected chi connectivity index (χ3v) is 3.10. The molecule has 100 valence electrons. The second kappa shape index (κ2) is 6.97. The lowest BCUT2D eigenvalue weighted by Gasteiger charge is -2.37. The highest BCUT2D eigenvalue weighted by atomic mass is 16.5. The molecule has 1 amide bonds. The monoisotopic (exact) mass is 242 g/mol. The van der Waals surface area contributed by atoms with Crippen molar-refractivity contribution in [1.82, 2.24) is 10.2 Å². The van der Waals surface area contributed by atoms with Crippen LogP contribution in [-0.2, 0) is 9.53 Å². The first-order valence-corrected chi connectivity index (χ1v) is 6.70. The molecule has 4 heteroatoms. The average Bonchev–Trinajstić information content (AvgIpc) is 2.28. The van der Waals surface area contributed by atoms with E-state index in [0.29, 0.717) is 19.3 Å². The Morgan fingerprint density at radius 3 is 2.76 bits per heavy atom. The molecule has 0 aromatic carbocycles. The molecule has 1 N–H and O–H groups in total. The van der Waals surface area contributed by atoms with Crippen LogP contribution in [0.5, 0.6) is 0 Å². The summed E-state index contributed by atoms with van der Waals surface area (Å²) in [6.07, 6.45) is 2.03. The van der Waals surface area contributed by atoms with Crippen LogP contribution < -0.4 is 5.32 Å². The second-order valence-corrected chi connectivity index (χ2v) is 5.06. The molecule has 17 heavy (non-hydrogen) atoms. The molecule has 1 fully saturated rings. The normalized spacial score (nSPS) is 23.2. The number of nitrogens with zero attached hydrogens (tertiary/aromatic N) is 1. The van der Waals surface area contributed by atoms with Crippen molar-refractivity contribution in [2.45, 2.75) is 58.7 Å². The van der Waals surface area contributed by atoms with E-state index in [1.54, 1.807) is 0 Å². The molecule has 2 unspecified atom stereocenters. The Labute approximate surface area is 105 Å². The summed E-state index contributed by atoms with van der Waals surface area (Å²) < 4.78 is 5.40. The van der Waals surface area contributed by atoms with Crippen LogP contribution >= 0.6 is 0 Å². The molecule has 0 radical (unpaired) electrons. The Balaban J connectivity index is 2.52. The predicted octanol–water partition coefficient (Wildman–Crippen LogP) is 1.40. The maximum atomic E-state index is 12.3. The van der Waals surface area contributed by atoms with Crippen LogP contribution in [-0.4, -0.2) is 48.7 Å². The van der Waals surface area contributed by atoms with Gasteiger partial charge in [0, 0.05) is 19.2 Å². The van der Waals surface area contributed by atoms with Crippen molar-refractivity contribution >= 4 is 5.91 Å². The van der Waals surface area contributed by atoms with Crippen molar-refractivity contribution in [3.8, 4) is 0 Å². The SMILES string of the molecule is CCOCC(C)N1CCCC(NC(C)C)C1=O. The quantitative estimate of drug-likeness (QED) is 0.765. The van der Waals surface area contributed by atoms with Crippen LogP contribution in [0.2, 0.25) is 0 Å². The number of piperidine rings is 1. The van der Waals surface area contributed by atoms with Gasteiger partial charge in [-0.2, -0.15) is 0 Å². The van der Waals surface area contributed by atoms with E-state index in [0.717, 1.165) is 19.4 Å². The van der Waals surface area contributed by atoms with Crippen LogP contribution in [0.4, 0.5) is 0 Å². The average molecular weight is 242 g/mol. The summed E-state index contributed by atoms with van der Waals surface area (Å²) in [5.41, 5.74) is 0. The first-order chi connectivity index (χ1) is 8.06.